The number of hydrogen-bond acceptors (Lipinski definition) is 4. The fraction of sp³-hybridized carbons (Fsp3) is 0.714. The van der Waals surface area contributed by atoms with Gasteiger partial charge in [-0.05, 0) is 45.4 Å². The van der Waals surface area contributed by atoms with Crippen molar-refractivity contribution in [3.63, 3.8) is 0 Å². The topological polar surface area (TPSA) is 62.6 Å². The highest BCUT2D eigenvalue weighted by Crippen LogP contribution is 2.31. The van der Waals surface area contributed by atoms with E-state index in [0.717, 1.165) is 24.5 Å². The summed E-state index contributed by atoms with van der Waals surface area (Å²) >= 11 is 0. The zero-order chi connectivity index (χ0) is 13.1. The molecule has 3 unspecified atom stereocenters. The van der Waals surface area contributed by atoms with E-state index in [1.165, 1.54) is 12.8 Å². The van der Waals surface area contributed by atoms with Gasteiger partial charge in [0.15, 0.2) is 0 Å². The fourth-order valence-electron chi connectivity index (χ4n) is 2.92. The lowest BCUT2D eigenvalue weighted by molar-refractivity contribution is 0.0357. The van der Waals surface area contributed by atoms with Gasteiger partial charge in [0.05, 0.1) is 12.6 Å². The number of aliphatic hydroxyl groups is 1. The first-order valence-corrected chi connectivity index (χ1v) is 6.82. The highest BCUT2D eigenvalue weighted by molar-refractivity contribution is 5.12. The molecule has 18 heavy (non-hydrogen) atoms. The number of hydrogen-bond donors (Lipinski definition) is 2. The molecule has 1 aliphatic heterocycles. The Morgan fingerprint density at radius 2 is 2.28 bits per heavy atom. The summed E-state index contributed by atoms with van der Waals surface area (Å²) in [4.78, 5) is 2.31. The van der Waals surface area contributed by atoms with Crippen LogP contribution in [0.15, 0.2) is 16.5 Å². The van der Waals surface area contributed by atoms with E-state index in [1.807, 2.05) is 26.0 Å². The molecular weight excluding hydrogens is 228 g/mol. The molecule has 102 valence electrons. The van der Waals surface area contributed by atoms with Crippen molar-refractivity contribution in [2.24, 2.45) is 5.73 Å². The number of aliphatic hydroxyl groups excluding tert-OH is 1. The van der Waals surface area contributed by atoms with E-state index in [1.54, 1.807) is 0 Å². The van der Waals surface area contributed by atoms with Crippen LogP contribution >= 0.6 is 0 Å². The van der Waals surface area contributed by atoms with Crippen molar-refractivity contribution in [1.29, 1.82) is 0 Å². The lowest BCUT2D eigenvalue weighted by Crippen LogP contribution is -2.49. The predicted octanol–water partition coefficient (Wildman–Crippen LogP) is 1.82. The molecule has 0 saturated carbocycles. The second-order valence-corrected chi connectivity index (χ2v) is 5.32. The Morgan fingerprint density at radius 1 is 1.50 bits per heavy atom. The average molecular weight is 252 g/mol. The van der Waals surface area contributed by atoms with E-state index >= 15 is 0 Å². The quantitative estimate of drug-likeness (QED) is 0.858. The third-order valence-corrected chi connectivity index (χ3v) is 3.79. The van der Waals surface area contributed by atoms with Gasteiger partial charge >= 0.3 is 0 Å². The number of rotatable bonds is 4. The van der Waals surface area contributed by atoms with Gasteiger partial charge in [0.25, 0.3) is 0 Å². The number of nitrogens with zero attached hydrogens (tertiary/aromatic N) is 1. The number of likely N-dealkylation sites (tertiary alicyclic amines) is 1. The van der Waals surface area contributed by atoms with E-state index in [9.17, 15) is 5.11 Å². The molecule has 1 aromatic heterocycles. The lowest BCUT2D eigenvalue weighted by atomic mass is 9.96. The van der Waals surface area contributed by atoms with E-state index < -0.39 is 0 Å². The highest BCUT2D eigenvalue weighted by atomic mass is 16.3. The normalized spacial score (nSPS) is 25.0. The van der Waals surface area contributed by atoms with Crippen LogP contribution in [0.3, 0.4) is 0 Å². The van der Waals surface area contributed by atoms with Gasteiger partial charge in [-0.3, -0.25) is 4.90 Å². The zero-order valence-corrected chi connectivity index (χ0v) is 11.3. The minimum absolute atomic E-state index is 0.0114. The molecule has 0 bridgehead atoms. The minimum Gasteiger partial charge on any atom is -0.465 e. The van der Waals surface area contributed by atoms with Gasteiger partial charge in [0.2, 0.25) is 0 Å². The molecule has 3 N–H and O–H groups in total. The number of aryl methyl sites for hydroxylation is 1. The van der Waals surface area contributed by atoms with Crippen molar-refractivity contribution in [2.45, 2.75) is 51.2 Å². The SMILES string of the molecule is Cc1ccc(C(C(C)N)N2CCCCC2CO)o1. The van der Waals surface area contributed by atoms with Gasteiger partial charge in [-0.1, -0.05) is 6.42 Å². The number of furan rings is 1. The van der Waals surface area contributed by atoms with Crippen LogP contribution < -0.4 is 5.73 Å². The molecule has 4 nitrogen and oxygen atoms in total. The molecule has 2 rings (SSSR count). The number of nitrogens with two attached hydrogens (primary N) is 1. The first kappa shape index (κ1) is 13.6. The molecule has 1 fully saturated rings. The van der Waals surface area contributed by atoms with E-state index in [-0.39, 0.29) is 24.7 Å². The van der Waals surface area contributed by atoms with Crippen molar-refractivity contribution in [1.82, 2.24) is 4.90 Å². The largest absolute Gasteiger partial charge is 0.465 e. The summed E-state index contributed by atoms with van der Waals surface area (Å²) in [7, 11) is 0. The minimum atomic E-state index is -0.0114. The summed E-state index contributed by atoms with van der Waals surface area (Å²) in [6.07, 6.45) is 3.39. The molecule has 3 atom stereocenters. The van der Waals surface area contributed by atoms with Crippen molar-refractivity contribution in [3.8, 4) is 0 Å². The van der Waals surface area contributed by atoms with Crippen LogP contribution in [-0.4, -0.2) is 35.2 Å². The summed E-state index contributed by atoms with van der Waals surface area (Å²) in [5.74, 6) is 1.83. The molecule has 1 saturated heterocycles. The second kappa shape index (κ2) is 5.87. The maximum atomic E-state index is 9.53. The van der Waals surface area contributed by atoms with Crippen LogP contribution in [0.4, 0.5) is 0 Å². The Bertz CT molecular complexity index is 376. The molecule has 0 spiro atoms. The lowest BCUT2D eigenvalue weighted by Gasteiger charge is -2.41. The second-order valence-electron chi connectivity index (χ2n) is 5.32. The smallest absolute Gasteiger partial charge is 0.122 e. The van der Waals surface area contributed by atoms with Crippen molar-refractivity contribution < 1.29 is 9.52 Å². The van der Waals surface area contributed by atoms with Crippen LogP contribution in [0.2, 0.25) is 0 Å². The molecule has 0 aromatic carbocycles. The van der Waals surface area contributed by atoms with E-state index in [4.69, 9.17) is 10.2 Å². The van der Waals surface area contributed by atoms with Gasteiger partial charge in [0.1, 0.15) is 11.5 Å². The zero-order valence-electron chi connectivity index (χ0n) is 11.3. The predicted molar refractivity (Wildman–Crippen MR) is 71.3 cm³/mol. The Labute approximate surface area is 109 Å². The first-order valence-electron chi connectivity index (χ1n) is 6.82. The average Bonchev–Trinajstić information content (AvgIpc) is 2.76. The molecular formula is C14H24N2O2. The first-order chi connectivity index (χ1) is 8.63. The maximum absolute atomic E-state index is 9.53. The Morgan fingerprint density at radius 3 is 2.83 bits per heavy atom. The maximum Gasteiger partial charge on any atom is 0.122 e. The summed E-state index contributed by atoms with van der Waals surface area (Å²) in [6.45, 7) is 5.13. The van der Waals surface area contributed by atoms with Crippen molar-refractivity contribution in [2.75, 3.05) is 13.2 Å². The number of piperidine rings is 1. The standard InChI is InChI=1S/C14H24N2O2/c1-10-6-7-13(18-10)14(11(2)15)16-8-4-3-5-12(16)9-17/h6-7,11-12,14,17H,3-5,8-9,15H2,1-2H3. The van der Waals surface area contributed by atoms with Gasteiger partial charge in [-0.25, -0.2) is 0 Å². The Kier molecular flexibility index (Phi) is 4.43. The summed E-state index contributed by atoms with van der Waals surface area (Å²) in [5, 5.41) is 9.53. The van der Waals surface area contributed by atoms with Gasteiger partial charge in [-0.2, -0.15) is 0 Å². The van der Waals surface area contributed by atoms with Crippen LogP contribution in [0, 0.1) is 6.92 Å². The van der Waals surface area contributed by atoms with E-state index in [2.05, 4.69) is 4.90 Å². The fourth-order valence-corrected chi connectivity index (χ4v) is 2.92. The summed E-state index contributed by atoms with van der Waals surface area (Å²) < 4.78 is 5.75. The Hall–Kier alpha value is -0.840. The van der Waals surface area contributed by atoms with Crippen molar-refractivity contribution >= 4 is 0 Å². The van der Waals surface area contributed by atoms with Crippen LogP contribution in [0.25, 0.3) is 0 Å². The van der Waals surface area contributed by atoms with Crippen LogP contribution in [0.1, 0.15) is 43.7 Å². The van der Waals surface area contributed by atoms with Crippen LogP contribution in [0.5, 0.6) is 0 Å². The highest BCUT2D eigenvalue weighted by Gasteiger charge is 2.33. The molecule has 0 amide bonds. The molecule has 2 heterocycles. The van der Waals surface area contributed by atoms with Crippen LogP contribution in [-0.2, 0) is 0 Å². The summed E-state index contributed by atoms with van der Waals surface area (Å²) in [5.41, 5.74) is 6.14. The molecule has 0 aliphatic carbocycles. The molecule has 1 aliphatic rings. The molecule has 1 aromatic rings. The van der Waals surface area contributed by atoms with E-state index in [0.29, 0.717) is 0 Å². The van der Waals surface area contributed by atoms with Gasteiger partial charge < -0.3 is 15.3 Å². The third-order valence-electron chi connectivity index (χ3n) is 3.79. The molecule has 4 heteroatoms. The third kappa shape index (κ3) is 2.76. The monoisotopic (exact) mass is 252 g/mol. The van der Waals surface area contributed by atoms with Crippen molar-refractivity contribution in [3.05, 3.63) is 23.7 Å². The molecule has 0 radical (unpaired) electrons. The summed E-state index contributed by atoms with van der Waals surface area (Å²) in [6, 6.07) is 4.24. The van der Waals surface area contributed by atoms with Gasteiger partial charge in [0, 0.05) is 12.1 Å². The Balaban J connectivity index is 2.23. The van der Waals surface area contributed by atoms with Gasteiger partial charge in [-0.15, -0.1) is 0 Å².